The molecule has 0 radical (unpaired) electrons. The van der Waals surface area contributed by atoms with E-state index in [9.17, 15) is 4.39 Å². The van der Waals surface area contributed by atoms with Crippen molar-refractivity contribution < 1.29 is 4.39 Å². The summed E-state index contributed by atoms with van der Waals surface area (Å²) in [5, 5.41) is 0. The van der Waals surface area contributed by atoms with Crippen LogP contribution in [0.3, 0.4) is 0 Å². The van der Waals surface area contributed by atoms with Crippen molar-refractivity contribution >= 4 is 51.9 Å². The normalized spacial score (nSPS) is 11.2. The third kappa shape index (κ3) is 8.60. The van der Waals surface area contributed by atoms with Gasteiger partial charge in [0, 0.05) is 27.6 Å². The maximum absolute atomic E-state index is 13.3. The maximum atomic E-state index is 13.3. The second kappa shape index (κ2) is 15.6. The van der Waals surface area contributed by atoms with E-state index in [1.807, 2.05) is 115 Å². The number of aromatic nitrogens is 4. The SMILES string of the molecule is C1=Cc2cc3ccc(cc4ccc(cc5nc(cc1n2)C=C5)[nH]4)[nH]3.C=C(c1ccccc1)c1ccccc1.Fc1ccccc1-c1ccccc1. The van der Waals surface area contributed by atoms with Crippen molar-refractivity contribution in [2.45, 2.75) is 0 Å². The number of nitrogens with one attached hydrogen (secondary N) is 2. The highest BCUT2D eigenvalue weighted by atomic mass is 19.1. The van der Waals surface area contributed by atoms with E-state index in [1.54, 1.807) is 12.1 Å². The number of aromatic amines is 2. The fourth-order valence-corrected chi connectivity index (χ4v) is 5.70. The van der Waals surface area contributed by atoms with Gasteiger partial charge in [-0.05, 0) is 101 Å². The van der Waals surface area contributed by atoms with E-state index in [-0.39, 0.29) is 5.82 Å². The zero-order valence-electron chi connectivity index (χ0n) is 27.9. The molecule has 3 aromatic heterocycles. The molecule has 246 valence electrons. The summed E-state index contributed by atoms with van der Waals surface area (Å²) in [6, 6.07) is 53.2. The van der Waals surface area contributed by atoms with E-state index in [0.717, 1.165) is 56.0 Å². The zero-order valence-corrected chi connectivity index (χ0v) is 27.9. The molecular formula is C46H35FN4. The minimum Gasteiger partial charge on any atom is -0.355 e. The summed E-state index contributed by atoms with van der Waals surface area (Å²) >= 11 is 0. The highest BCUT2D eigenvalue weighted by Crippen LogP contribution is 2.22. The first kappa shape index (κ1) is 32.7. The molecule has 5 heterocycles. The van der Waals surface area contributed by atoms with Gasteiger partial charge in [0.1, 0.15) is 5.82 Å². The first-order valence-corrected chi connectivity index (χ1v) is 16.7. The second-order valence-electron chi connectivity index (χ2n) is 12.0. The molecule has 2 aliphatic rings. The van der Waals surface area contributed by atoms with Crippen molar-refractivity contribution in [3.8, 4) is 11.1 Å². The monoisotopic (exact) mass is 662 g/mol. The molecule has 0 spiro atoms. The second-order valence-corrected chi connectivity index (χ2v) is 12.0. The smallest absolute Gasteiger partial charge is 0.131 e. The number of fused-ring (bicyclic) bond motifs is 8. The molecule has 8 bridgehead atoms. The lowest BCUT2D eigenvalue weighted by Crippen LogP contribution is -1.84. The van der Waals surface area contributed by atoms with E-state index < -0.39 is 0 Å². The van der Waals surface area contributed by atoms with Crippen molar-refractivity contribution in [2.24, 2.45) is 0 Å². The Hall–Kier alpha value is -6.85. The maximum Gasteiger partial charge on any atom is 0.131 e. The van der Waals surface area contributed by atoms with Crippen LogP contribution in [0.4, 0.5) is 4.39 Å². The quantitative estimate of drug-likeness (QED) is 0.198. The highest BCUT2D eigenvalue weighted by Gasteiger charge is 2.03. The largest absolute Gasteiger partial charge is 0.355 e. The highest BCUT2D eigenvalue weighted by molar-refractivity contribution is 5.79. The lowest BCUT2D eigenvalue weighted by Gasteiger charge is -2.04. The molecule has 0 fully saturated rings. The Bertz CT molecular complexity index is 2360. The van der Waals surface area contributed by atoms with Crippen LogP contribution in [-0.4, -0.2) is 19.9 Å². The van der Waals surface area contributed by atoms with Gasteiger partial charge in [0.25, 0.3) is 0 Å². The molecule has 0 amide bonds. The molecule has 0 saturated heterocycles. The van der Waals surface area contributed by atoms with Crippen molar-refractivity contribution in [2.75, 3.05) is 0 Å². The third-order valence-electron chi connectivity index (χ3n) is 8.25. The van der Waals surface area contributed by atoms with Gasteiger partial charge in [0.15, 0.2) is 0 Å². The van der Waals surface area contributed by atoms with Gasteiger partial charge in [-0.15, -0.1) is 0 Å². The molecule has 0 atom stereocenters. The van der Waals surface area contributed by atoms with Gasteiger partial charge in [0.2, 0.25) is 0 Å². The first-order chi connectivity index (χ1) is 25.1. The molecule has 9 rings (SSSR count). The number of benzene rings is 4. The number of rotatable bonds is 3. The van der Waals surface area contributed by atoms with E-state index >= 15 is 0 Å². The Morgan fingerprint density at radius 1 is 0.431 bits per heavy atom. The number of nitrogens with zero attached hydrogens (tertiary/aromatic N) is 2. The van der Waals surface area contributed by atoms with Crippen LogP contribution in [0.5, 0.6) is 0 Å². The molecule has 7 aromatic rings. The van der Waals surface area contributed by atoms with Crippen LogP contribution in [-0.2, 0) is 0 Å². The van der Waals surface area contributed by atoms with Gasteiger partial charge in [0.05, 0.1) is 22.8 Å². The van der Waals surface area contributed by atoms with E-state index in [1.165, 1.54) is 17.2 Å². The summed E-state index contributed by atoms with van der Waals surface area (Å²) in [6.45, 7) is 4.10. The average molecular weight is 663 g/mol. The fourth-order valence-electron chi connectivity index (χ4n) is 5.70. The Balaban J connectivity index is 0.000000129. The average Bonchev–Trinajstić information content (AvgIpc) is 4.01. The van der Waals surface area contributed by atoms with Crippen LogP contribution < -0.4 is 0 Å². The number of H-pyrrole nitrogens is 2. The van der Waals surface area contributed by atoms with Gasteiger partial charge in [-0.3, -0.25) is 0 Å². The van der Waals surface area contributed by atoms with Crippen LogP contribution in [0.2, 0.25) is 0 Å². The topological polar surface area (TPSA) is 57.4 Å². The van der Waals surface area contributed by atoms with Crippen LogP contribution in [0.25, 0.3) is 63.1 Å². The summed E-state index contributed by atoms with van der Waals surface area (Å²) in [7, 11) is 0. The molecule has 0 saturated carbocycles. The fraction of sp³-hybridized carbons (Fsp3) is 0. The van der Waals surface area contributed by atoms with Crippen molar-refractivity contribution in [3.05, 3.63) is 210 Å². The molecule has 0 aliphatic carbocycles. The number of halogens is 1. The third-order valence-corrected chi connectivity index (χ3v) is 8.25. The Morgan fingerprint density at radius 3 is 1.29 bits per heavy atom. The molecule has 51 heavy (non-hydrogen) atoms. The van der Waals surface area contributed by atoms with Crippen LogP contribution in [0.15, 0.2) is 170 Å². The summed E-state index contributed by atoms with van der Waals surface area (Å²) in [4.78, 5) is 16.0. The summed E-state index contributed by atoms with van der Waals surface area (Å²) in [5.74, 6) is -0.172. The molecule has 2 aliphatic heterocycles. The Kier molecular flexibility index (Phi) is 9.98. The van der Waals surface area contributed by atoms with Crippen LogP contribution in [0, 0.1) is 5.82 Å². The molecular weight excluding hydrogens is 628 g/mol. The number of hydrogen-bond donors (Lipinski definition) is 2. The number of hydrogen-bond acceptors (Lipinski definition) is 2. The minimum absolute atomic E-state index is 0.172. The molecule has 4 nitrogen and oxygen atoms in total. The van der Waals surface area contributed by atoms with E-state index in [4.69, 9.17) is 0 Å². The molecule has 2 N–H and O–H groups in total. The lowest BCUT2D eigenvalue weighted by molar-refractivity contribution is 0.631. The van der Waals surface area contributed by atoms with Gasteiger partial charge < -0.3 is 9.97 Å². The van der Waals surface area contributed by atoms with Gasteiger partial charge in [-0.2, -0.15) is 0 Å². The van der Waals surface area contributed by atoms with Crippen LogP contribution >= 0.6 is 0 Å². The Labute approximate surface area is 296 Å². The van der Waals surface area contributed by atoms with E-state index in [2.05, 4.69) is 81.1 Å². The van der Waals surface area contributed by atoms with Gasteiger partial charge in [-0.25, -0.2) is 14.4 Å². The summed E-state index contributed by atoms with van der Waals surface area (Å²) in [6.07, 6.45) is 8.05. The van der Waals surface area contributed by atoms with Crippen molar-refractivity contribution in [1.82, 2.24) is 19.9 Å². The molecule has 4 aromatic carbocycles. The predicted molar refractivity (Wildman–Crippen MR) is 212 cm³/mol. The minimum atomic E-state index is -0.172. The van der Waals surface area contributed by atoms with Gasteiger partial charge >= 0.3 is 0 Å². The zero-order chi connectivity index (χ0) is 34.8. The molecule has 5 heteroatoms. The van der Waals surface area contributed by atoms with E-state index in [0.29, 0.717) is 5.56 Å². The summed E-state index contributed by atoms with van der Waals surface area (Å²) < 4.78 is 13.3. The molecule has 0 unspecified atom stereocenters. The van der Waals surface area contributed by atoms with Crippen molar-refractivity contribution in [1.29, 1.82) is 0 Å². The van der Waals surface area contributed by atoms with Crippen LogP contribution in [0.1, 0.15) is 33.9 Å². The predicted octanol–water partition coefficient (Wildman–Crippen LogP) is 11.9. The van der Waals surface area contributed by atoms with Gasteiger partial charge in [-0.1, -0.05) is 116 Å². The lowest BCUT2D eigenvalue weighted by atomic mass is 10.0. The first-order valence-electron chi connectivity index (χ1n) is 16.7. The van der Waals surface area contributed by atoms with Crippen molar-refractivity contribution in [3.63, 3.8) is 0 Å². The Morgan fingerprint density at radius 2 is 0.824 bits per heavy atom. The standard InChI is InChI=1S/C20H14N4.C14H12.C12H9F/c1-2-14-10-16-5-6-18(23-16)12-20-8-7-19(24-20)11-17-4-3-15(22-17)9-13(1)21-14;1-12(13-8-4-2-5-9-13)14-10-6-3-7-11-14;13-12-9-5-4-8-11(12)10-6-2-1-3-7-10/h1-12,21-22H;2-11H,1H2;1-9H. The summed E-state index contributed by atoms with van der Waals surface area (Å²) in [5.41, 5.74) is 12.9.